The number of nitrogens with one attached hydrogen (secondary N) is 1. The molecule has 1 aliphatic heterocycles. The standard InChI is InChI=1S/C16H30N2S/c1-12-6-5-7-13(9-8-12)17-15-18-14(10-11-19-15)16(2,3)4/h12-14H,5-11H2,1-4H3,(H,17,18). The van der Waals surface area contributed by atoms with E-state index in [-0.39, 0.29) is 0 Å². The van der Waals surface area contributed by atoms with Crippen LogP contribution in [-0.2, 0) is 0 Å². The fourth-order valence-corrected chi connectivity index (χ4v) is 4.01. The number of hydrogen-bond donors (Lipinski definition) is 1. The van der Waals surface area contributed by atoms with E-state index in [0.717, 1.165) is 5.92 Å². The topological polar surface area (TPSA) is 24.4 Å². The molecule has 1 N–H and O–H groups in total. The fourth-order valence-electron chi connectivity index (χ4n) is 3.02. The molecule has 2 rings (SSSR count). The molecule has 0 aromatic rings. The highest BCUT2D eigenvalue weighted by atomic mass is 32.2. The van der Waals surface area contributed by atoms with Crippen LogP contribution in [0.2, 0.25) is 0 Å². The Morgan fingerprint density at radius 3 is 2.63 bits per heavy atom. The van der Waals surface area contributed by atoms with Crippen LogP contribution in [-0.4, -0.2) is 23.0 Å². The van der Waals surface area contributed by atoms with Crippen LogP contribution in [0.3, 0.4) is 0 Å². The Morgan fingerprint density at radius 2 is 1.89 bits per heavy atom. The highest BCUT2D eigenvalue weighted by Crippen LogP contribution is 2.31. The molecule has 19 heavy (non-hydrogen) atoms. The molecule has 0 radical (unpaired) electrons. The predicted molar refractivity (Wildman–Crippen MR) is 86.9 cm³/mol. The van der Waals surface area contributed by atoms with Crippen LogP contribution in [0, 0.1) is 11.3 Å². The summed E-state index contributed by atoms with van der Waals surface area (Å²) in [5.41, 5.74) is 0.297. The van der Waals surface area contributed by atoms with Crippen molar-refractivity contribution in [3.8, 4) is 0 Å². The Morgan fingerprint density at radius 1 is 1.11 bits per heavy atom. The van der Waals surface area contributed by atoms with E-state index in [4.69, 9.17) is 4.99 Å². The molecule has 3 heteroatoms. The van der Waals surface area contributed by atoms with E-state index >= 15 is 0 Å². The third kappa shape index (κ3) is 4.70. The van der Waals surface area contributed by atoms with Gasteiger partial charge in [0.15, 0.2) is 5.17 Å². The van der Waals surface area contributed by atoms with Crippen LogP contribution < -0.4 is 5.32 Å². The van der Waals surface area contributed by atoms with Crippen molar-refractivity contribution in [3.05, 3.63) is 0 Å². The van der Waals surface area contributed by atoms with Gasteiger partial charge in [0.2, 0.25) is 0 Å². The van der Waals surface area contributed by atoms with Crippen molar-refractivity contribution in [3.63, 3.8) is 0 Å². The van der Waals surface area contributed by atoms with Gasteiger partial charge in [-0.2, -0.15) is 0 Å². The SMILES string of the molecule is CC1CCCC(NC2=NC(C(C)(C)C)CCS2)CC1. The van der Waals surface area contributed by atoms with E-state index < -0.39 is 0 Å². The van der Waals surface area contributed by atoms with E-state index in [1.807, 2.05) is 11.8 Å². The summed E-state index contributed by atoms with van der Waals surface area (Å²) >= 11 is 1.92. The molecule has 0 aromatic heterocycles. The van der Waals surface area contributed by atoms with E-state index in [1.165, 1.54) is 49.4 Å². The van der Waals surface area contributed by atoms with Crippen LogP contribution >= 0.6 is 11.8 Å². The highest BCUT2D eigenvalue weighted by molar-refractivity contribution is 8.13. The molecule has 1 heterocycles. The summed E-state index contributed by atoms with van der Waals surface area (Å²) in [5.74, 6) is 2.13. The molecule has 0 saturated heterocycles. The number of nitrogens with zero attached hydrogens (tertiary/aromatic N) is 1. The van der Waals surface area contributed by atoms with Crippen LogP contribution in [0.5, 0.6) is 0 Å². The molecular weight excluding hydrogens is 252 g/mol. The van der Waals surface area contributed by atoms with Crippen LogP contribution in [0.1, 0.15) is 66.2 Å². The zero-order valence-corrected chi connectivity index (χ0v) is 13.9. The van der Waals surface area contributed by atoms with Crippen molar-refractivity contribution < 1.29 is 0 Å². The van der Waals surface area contributed by atoms with Gasteiger partial charge in [0, 0.05) is 11.8 Å². The molecule has 1 saturated carbocycles. The summed E-state index contributed by atoms with van der Waals surface area (Å²) in [6, 6.07) is 1.15. The summed E-state index contributed by atoms with van der Waals surface area (Å²) in [7, 11) is 0. The summed E-state index contributed by atoms with van der Waals surface area (Å²) in [4.78, 5) is 4.97. The lowest BCUT2D eigenvalue weighted by Crippen LogP contribution is -2.38. The fraction of sp³-hybridized carbons (Fsp3) is 0.938. The zero-order valence-electron chi connectivity index (χ0n) is 13.0. The van der Waals surface area contributed by atoms with Crippen LogP contribution in [0.4, 0.5) is 0 Å². The third-order valence-electron chi connectivity index (χ3n) is 4.49. The Hall–Kier alpha value is -0.180. The lowest BCUT2D eigenvalue weighted by Gasteiger charge is -2.32. The molecule has 2 aliphatic rings. The molecule has 2 nitrogen and oxygen atoms in total. The van der Waals surface area contributed by atoms with Gasteiger partial charge >= 0.3 is 0 Å². The van der Waals surface area contributed by atoms with Gasteiger partial charge in [0.25, 0.3) is 0 Å². The Balaban J connectivity index is 1.92. The predicted octanol–water partition coefficient (Wildman–Crippen LogP) is 4.45. The second-order valence-corrected chi connectivity index (χ2v) is 8.49. The van der Waals surface area contributed by atoms with Crippen molar-refractivity contribution in [2.45, 2.75) is 78.3 Å². The van der Waals surface area contributed by atoms with Gasteiger partial charge in [0.05, 0.1) is 6.04 Å². The van der Waals surface area contributed by atoms with Crippen molar-refractivity contribution in [1.82, 2.24) is 5.32 Å². The summed E-state index contributed by atoms with van der Waals surface area (Å²) in [5, 5.41) is 4.95. The van der Waals surface area contributed by atoms with Gasteiger partial charge in [-0.3, -0.25) is 4.99 Å². The Kier molecular flexibility index (Phi) is 5.22. The van der Waals surface area contributed by atoms with Gasteiger partial charge in [-0.1, -0.05) is 52.3 Å². The monoisotopic (exact) mass is 282 g/mol. The summed E-state index contributed by atoms with van der Waals surface area (Å²) < 4.78 is 0. The minimum atomic E-state index is 0.297. The number of thioether (sulfide) groups is 1. The molecule has 1 aliphatic carbocycles. The van der Waals surface area contributed by atoms with Crippen molar-refractivity contribution in [2.24, 2.45) is 16.3 Å². The average molecular weight is 282 g/mol. The molecule has 1 fully saturated rings. The molecular formula is C16H30N2S. The third-order valence-corrected chi connectivity index (χ3v) is 5.42. The highest BCUT2D eigenvalue weighted by Gasteiger charge is 2.28. The van der Waals surface area contributed by atoms with E-state index in [2.05, 4.69) is 33.0 Å². The lowest BCUT2D eigenvalue weighted by molar-refractivity contribution is 0.315. The summed E-state index contributed by atoms with van der Waals surface area (Å²) in [6.07, 6.45) is 8.02. The van der Waals surface area contributed by atoms with E-state index in [9.17, 15) is 0 Å². The first-order valence-electron chi connectivity index (χ1n) is 7.92. The number of amidine groups is 1. The molecule has 0 amide bonds. The lowest BCUT2D eigenvalue weighted by atomic mass is 9.85. The van der Waals surface area contributed by atoms with Gasteiger partial charge in [0.1, 0.15) is 0 Å². The van der Waals surface area contributed by atoms with Gasteiger partial charge in [-0.05, 0) is 37.0 Å². The molecule has 3 atom stereocenters. The van der Waals surface area contributed by atoms with Crippen molar-refractivity contribution in [2.75, 3.05) is 5.75 Å². The maximum atomic E-state index is 4.97. The second kappa shape index (κ2) is 6.51. The minimum Gasteiger partial charge on any atom is -0.362 e. The van der Waals surface area contributed by atoms with Crippen molar-refractivity contribution in [1.29, 1.82) is 0 Å². The Bertz CT molecular complexity index is 319. The maximum absolute atomic E-state index is 4.97. The molecule has 0 aromatic carbocycles. The van der Waals surface area contributed by atoms with E-state index in [0.29, 0.717) is 17.5 Å². The van der Waals surface area contributed by atoms with Gasteiger partial charge < -0.3 is 5.32 Å². The largest absolute Gasteiger partial charge is 0.362 e. The number of aliphatic imine (C=N–C) groups is 1. The maximum Gasteiger partial charge on any atom is 0.157 e. The van der Waals surface area contributed by atoms with Gasteiger partial charge in [-0.25, -0.2) is 0 Å². The average Bonchev–Trinajstić information content (AvgIpc) is 2.54. The van der Waals surface area contributed by atoms with Gasteiger partial charge in [-0.15, -0.1) is 0 Å². The Labute approximate surface area is 123 Å². The quantitative estimate of drug-likeness (QED) is 0.718. The second-order valence-electron chi connectivity index (χ2n) is 7.41. The first-order valence-corrected chi connectivity index (χ1v) is 8.91. The molecule has 0 spiro atoms. The number of hydrogen-bond acceptors (Lipinski definition) is 3. The normalized spacial score (nSPS) is 33.5. The smallest absolute Gasteiger partial charge is 0.157 e. The summed E-state index contributed by atoms with van der Waals surface area (Å²) in [6.45, 7) is 9.32. The zero-order chi connectivity index (χ0) is 13.9. The minimum absolute atomic E-state index is 0.297. The molecule has 0 bridgehead atoms. The van der Waals surface area contributed by atoms with Crippen molar-refractivity contribution >= 4 is 16.9 Å². The molecule has 3 unspecified atom stereocenters. The van der Waals surface area contributed by atoms with E-state index in [1.54, 1.807) is 0 Å². The first kappa shape index (κ1) is 15.2. The van der Waals surface area contributed by atoms with Crippen LogP contribution in [0.25, 0.3) is 0 Å². The first-order chi connectivity index (χ1) is 8.95. The molecule has 110 valence electrons. The van der Waals surface area contributed by atoms with Crippen LogP contribution in [0.15, 0.2) is 4.99 Å². The number of rotatable bonds is 1.